The molecule has 1 aromatic rings. The van der Waals surface area contributed by atoms with E-state index in [9.17, 15) is 26.0 Å². The summed E-state index contributed by atoms with van der Waals surface area (Å²) in [7, 11) is -2.82. The minimum absolute atomic E-state index is 0.0351. The smallest absolute Gasteiger partial charge is 0.255 e. The molecule has 0 aliphatic rings. The highest BCUT2D eigenvalue weighted by molar-refractivity contribution is 7.91. The van der Waals surface area contributed by atoms with Gasteiger partial charge in [-0.3, -0.25) is 4.68 Å². The summed E-state index contributed by atoms with van der Waals surface area (Å²) in [5.41, 5.74) is 0.0351. The topological polar surface area (TPSA) is 52.0 Å². The van der Waals surface area contributed by atoms with Gasteiger partial charge in [-0.15, -0.1) is 0 Å². The van der Waals surface area contributed by atoms with E-state index in [4.69, 9.17) is 11.6 Å². The Labute approximate surface area is 112 Å². The third kappa shape index (κ3) is 3.38. The van der Waals surface area contributed by atoms with E-state index in [1.807, 2.05) is 0 Å². The van der Waals surface area contributed by atoms with Crippen molar-refractivity contribution in [3.8, 4) is 0 Å². The standard InChI is InChI=1S/C9H11ClF4N2O2S/c1-5-6(7(10)16(2)15-5)19(17,18)4-3-9(13,14)8(11)12/h8H,3-4H2,1-2H3. The molecule has 0 aromatic carbocycles. The average Bonchev–Trinajstić information content (AvgIpc) is 2.51. The number of aryl methyl sites for hydroxylation is 2. The number of nitrogens with zero attached hydrogens (tertiary/aromatic N) is 2. The highest BCUT2D eigenvalue weighted by atomic mass is 35.5. The van der Waals surface area contributed by atoms with Crippen LogP contribution in [0.3, 0.4) is 0 Å². The molecule has 0 saturated heterocycles. The fraction of sp³-hybridized carbons (Fsp3) is 0.667. The van der Waals surface area contributed by atoms with Gasteiger partial charge >= 0.3 is 12.3 Å². The van der Waals surface area contributed by atoms with Crippen molar-refractivity contribution in [2.24, 2.45) is 7.05 Å². The molecule has 0 unspecified atom stereocenters. The third-order valence-corrected chi connectivity index (χ3v) is 4.83. The van der Waals surface area contributed by atoms with Crippen LogP contribution in [-0.2, 0) is 16.9 Å². The highest BCUT2D eigenvalue weighted by Crippen LogP contribution is 2.31. The Bertz CT molecular complexity index is 571. The molecular formula is C9H11ClF4N2O2S. The van der Waals surface area contributed by atoms with E-state index in [0.29, 0.717) is 0 Å². The zero-order valence-electron chi connectivity index (χ0n) is 10.0. The van der Waals surface area contributed by atoms with E-state index in [1.165, 1.54) is 14.0 Å². The number of rotatable bonds is 5. The number of hydrogen-bond acceptors (Lipinski definition) is 3. The van der Waals surface area contributed by atoms with Crippen LogP contribution in [0.2, 0.25) is 5.15 Å². The average molecular weight is 323 g/mol. The van der Waals surface area contributed by atoms with Crippen LogP contribution >= 0.6 is 11.6 Å². The van der Waals surface area contributed by atoms with Crippen molar-refractivity contribution in [2.75, 3.05) is 5.75 Å². The lowest BCUT2D eigenvalue weighted by atomic mass is 10.3. The van der Waals surface area contributed by atoms with Gasteiger partial charge in [-0.05, 0) is 6.92 Å². The van der Waals surface area contributed by atoms with Crippen LogP contribution in [-0.4, -0.2) is 36.3 Å². The maximum absolute atomic E-state index is 12.7. The molecule has 0 aliphatic heterocycles. The summed E-state index contributed by atoms with van der Waals surface area (Å²) in [5.74, 6) is -5.48. The van der Waals surface area contributed by atoms with Gasteiger partial charge < -0.3 is 0 Å². The van der Waals surface area contributed by atoms with Crippen molar-refractivity contribution >= 4 is 21.4 Å². The van der Waals surface area contributed by atoms with E-state index in [2.05, 4.69) is 5.10 Å². The van der Waals surface area contributed by atoms with Crippen molar-refractivity contribution in [1.82, 2.24) is 9.78 Å². The molecule has 0 saturated carbocycles. The second-order valence-electron chi connectivity index (χ2n) is 3.96. The Hall–Kier alpha value is -0.830. The first kappa shape index (κ1) is 16.2. The summed E-state index contributed by atoms with van der Waals surface area (Å²) < 4.78 is 74.1. The number of sulfone groups is 1. The van der Waals surface area contributed by atoms with Gasteiger partial charge in [0, 0.05) is 13.5 Å². The molecule has 0 atom stereocenters. The Morgan fingerprint density at radius 1 is 1.42 bits per heavy atom. The molecule has 110 valence electrons. The molecule has 1 rings (SSSR count). The molecule has 4 nitrogen and oxygen atoms in total. The fourth-order valence-corrected chi connectivity index (χ4v) is 3.60. The van der Waals surface area contributed by atoms with Crippen molar-refractivity contribution in [3.05, 3.63) is 10.8 Å². The Morgan fingerprint density at radius 2 is 1.95 bits per heavy atom. The van der Waals surface area contributed by atoms with Crippen molar-refractivity contribution in [1.29, 1.82) is 0 Å². The molecule has 1 heterocycles. The van der Waals surface area contributed by atoms with Crippen LogP contribution in [0.1, 0.15) is 12.1 Å². The first-order valence-corrected chi connectivity index (χ1v) is 7.10. The molecule has 0 N–H and O–H groups in total. The zero-order valence-corrected chi connectivity index (χ0v) is 11.6. The van der Waals surface area contributed by atoms with Crippen LogP contribution in [0.4, 0.5) is 17.6 Å². The summed E-state index contributed by atoms with van der Waals surface area (Å²) in [6.07, 6.45) is -5.38. The third-order valence-electron chi connectivity index (χ3n) is 2.43. The zero-order chi connectivity index (χ0) is 15.0. The van der Waals surface area contributed by atoms with Crippen LogP contribution in [0.5, 0.6) is 0 Å². The second kappa shape index (κ2) is 5.28. The van der Waals surface area contributed by atoms with E-state index in [0.717, 1.165) is 4.68 Å². The Balaban J connectivity index is 3.01. The van der Waals surface area contributed by atoms with Gasteiger partial charge in [0.25, 0.3) is 0 Å². The molecular weight excluding hydrogens is 312 g/mol. The summed E-state index contributed by atoms with van der Waals surface area (Å²) in [5, 5.41) is 3.49. The number of alkyl halides is 4. The van der Waals surface area contributed by atoms with E-state index >= 15 is 0 Å². The molecule has 0 amide bonds. The van der Waals surface area contributed by atoms with Gasteiger partial charge in [0.1, 0.15) is 10.0 Å². The minimum Gasteiger partial charge on any atom is -0.255 e. The normalized spacial score (nSPS) is 13.3. The first-order chi connectivity index (χ1) is 8.49. The van der Waals surface area contributed by atoms with Gasteiger partial charge in [-0.25, -0.2) is 26.0 Å². The van der Waals surface area contributed by atoms with Crippen molar-refractivity contribution in [2.45, 2.75) is 30.6 Å². The maximum atomic E-state index is 12.7. The predicted octanol–water partition coefficient (Wildman–Crippen LogP) is 2.45. The summed E-state index contributed by atoms with van der Waals surface area (Å²) in [4.78, 5) is -0.401. The summed E-state index contributed by atoms with van der Waals surface area (Å²) in [6, 6.07) is 0. The van der Waals surface area contributed by atoms with Gasteiger partial charge in [-0.1, -0.05) is 11.6 Å². The lowest BCUT2D eigenvalue weighted by molar-refractivity contribution is -0.129. The minimum atomic E-state index is -4.35. The lowest BCUT2D eigenvalue weighted by Gasteiger charge is -2.14. The predicted molar refractivity (Wildman–Crippen MR) is 60.6 cm³/mol. The van der Waals surface area contributed by atoms with Crippen molar-refractivity contribution < 1.29 is 26.0 Å². The largest absolute Gasteiger partial charge is 0.308 e. The van der Waals surface area contributed by atoms with Crippen LogP contribution in [0.15, 0.2) is 4.90 Å². The quantitative estimate of drug-likeness (QED) is 0.782. The SMILES string of the molecule is Cc1nn(C)c(Cl)c1S(=O)(=O)CCC(F)(F)C(F)F. The van der Waals surface area contributed by atoms with E-state index < -0.39 is 39.3 Å². The fourth-order valence-electron chi connectivity index (χ4n) is 1.45. The van der Waals surface area contributed by atoms with E-state index in [-0.39, 0.29) is 10.8 Å². The van der Waals surface area contributed by atoms with E-state index in [1.54, 1.807) is 0 Å². The molecule has 0 radical (unpaired) electrons. The number of hydrogen-bond donors (Lipinski definition) is 0. The van der Waals surface area contributed by atoms with Gasteiger partial charge in [0.05, 0.1) is 11.4 Å². The maximum Gasteiger partial charge on any atom is 0.308 e. The second-order valence-corrected chi connectivity index (χ2v) is 6.36. The van der Waals surface area contributed by atoms with Crippen LogP contribution < -0.4 is 0 Å². The van der Waals surface area contributed by atoms with Crippen LogP contribution in [0.25, 0.3) is 0 Å². The lowest BCUT2D eigenvalue weighted by Crippen LogP contribution is -2.29. The Kier molecular flexibility index (Phi) is 4.51. The first-order valence-electron chi connectivity index (χ1n) is 5.07. The molecule has 0 aliphatic carbocycles. The molecule has 19 heavy (non-hydrogen) atoms. The molecule has 10 heteroatoms. The van der Waals surface area contributed by atoms with Crippen LogP contribution in [0, 0.1) is 6.92 Å². The van der Waals surface area contributed by atoms with Gasteiger partial charge in [-0.2, -0.15) is 5.10 Å². The molecule has 0 fully saturated rings. The number of halogens is 5. The molecule has 0 bridgehead atoms. The molecule has 1 aromatic heterocycles. The van der Waals surface area contributed by atoms with Crippen molar-refractivity contribution in [3.63, 3.8) is 0 Å². The number of aromatic nitrogens is 2. The molecule has 0 spiro atoms. The Morgan fingerprint density at radius 3 is 2.32 bits per heavy atom. The van der Waals surface area contributed by atoms with Gasteiger partial charge in [0.15, 0.2) is 9.84 Å². The summed E-state index contributed by atoms with van der Waals surface area (Å²) in [6.45, 7) is 1.34. The monoisotopic (exact) mass is 322 g/mol. The summed E-state index contributed by atoms with van der Waals surface area (Å²) >= 11 is 5.70. The highest BCUT2D eigenvalue weighted by Gasteiger charge is 2.42. The van der Waals surface area contributed by atoms with Gasteiger partial charge in [0.2, 0.25) is 0 Å².